The summed E-state index contributed by atoms with van der Waals surface area (Å²) in [5.41, 5.74) is 1.32. The molecule has 0 aliphatic rings. The number of halogens is 2. The normalized spacial score (nSPS) is 10.4. The molecule has 122 valence electrons. The molecule has 0 aliphatic heterocycles. The van der Waals surface area contributed by atoms with Gasteiger partial charge in [-0.15, -0.1) is 0 Å². The lowest BCUT2D eigenvalue weighted by atomic mass is 10.2. The summed E-state index contributed by atoms with van der Waals surface area (Å²) in [5, 5.41) is 9.79. The predicted molar refractivity (Wildman–Crippen MR) is 91.6 cm³/mol. The highest BCUT2D eigenvalue weighted by Gasteiger charge is 2.09. The van der Waals surface area contributed by atoms with E-state index in [-0.39, 0.29) is 11.9 Å². The van der Waals surface area contributed by atoms with E-state index in [1.165, 1.54) is 6.33 Å². The maximum Gasteiger partial charge on any atom is 0.258 e. The third-order valence-corrected chi connectivity index (χ3v) is 3.87. The number of nitrogens with zero attached hydrogens (tertiary/aromatic N) is 2. The molecule has 1 aromatic heterocycles. The number of anilines is 1. The molecule has 0 bridgehead atoms. The van der Waals surface area contributed by atoms with Gasteiger partial charge >= 0.3 is 0 Å². The van der Waals surface area contributed by atoms with Crippen LogP contribution in [0.5, 0.6) is 5.75 Å². The van der Waals surface area contributed by atoms with Gasteiger partial charge in [-0.25, -0.2) is 5.10 Å². The van der Waals surface area contributed by atoms with Crippen molar-refractivity contribution < 1.29 is 9.53 Å². The Morgan fingerprint density at radius 1 is 1.17 bits per heavy atom. The number of ether oxygens (including phenoxy) is 1. The average molecular weight is 363 g/mol. The van der Waals surface area contributed by atoms with Crippen molar-refractivity contribution >= 4 is 35.1 Å². The zero-order valence-electron chi connectivity index (χ0n) is 12.3. The molecule has 2 N–H and O–H groups in total. The van der Waals surface area contributed by atoms with Crippen LogP contribution in [-0.4, -0.2) is 21.1 Å². The van der Waals surface area contributed by atoms with Crippen molar-refractivity contribution in [1.82, 2.24) is 15.2 Å². The molecule has 24 heavy (non-hydrogen) atoms. The summed E-state index contributed by atoms with van der Waals surface area (Å²) in [5.74, 6) is 0.528. The van der Waals surface area contributed by atoms with E-state index in [1.54, 1.807) is 36.4 Å². The molecule has 8 heteroatoms. The number of rotatable bonds is 5. The van der Waals surface area contributed by atoms with Gasteiger partial charge in [-0.05, 0) is 35.9 Å². The Balaban J connectivity index is 1.66. The van der Waals surface area contributed by atoms with Crippen molar-refractivity contribution in [2.24, 2.45) is 0 Å². The summed E-state index contributed by atoms with van der Waals surface area (Å²) in [7, 11) is 0. The number of H-pyrrole nitrogens is 1. The molecule has 0 fully saturated rings. The van der Waals surface area contributed by atoms with Gasteiger partial charge < -0.3 is 4.74 Å². The monoisotopic (exact) mass is 362 g/mol. The van der Waals surface area contributed by atoms with Gasteiger partial charge in [-0.2, -0.15) is 10.1 Å². The highest BCUT2D eigenvalue weighted by Crippen LogP contribution is 2.23. The summed E-state index contributed by atoms with van der Waals surface area (Å²) in [6.07, 6.45) is 1.31. The van der Waals surface area contributed by atoms with Gasteiger partial charge in [0.1, 0.15) is 18.7 Å². The van der Waals surface area contributed by atoms with Gasteiger partial charge in [-0.1, -0.05) is 35.3 Å². The summed E-state index contributed by atoms with van der Waals surface area (Å²) in [4.78, 5) is 16.0. The predicted octanol–water partition coefficient (Wildman–Crippen LogP) is 3.94. The molecule has 0 spiro atoms. The molecule has 3 aromatic rings. The Morgan fingerprint density at radius 2 is 2.04 bits per heavy atom. The fraction of sp³-hybridized carbons (Fsp3) is 0.0625. The molecule has 1 amide bonds. The van der Waals surface area contributed by atoms with Gasteiger partial charge in [0.2, 0.25) is 5.95 Å². The topological polar surface area (TPSA) is 79.9 Å². The van der Waals surface area contributed by atoms with Crippen LogP contribution in [0.3, 0.4) is 0 Å². The van der Waals surface area contributed by atoms with Crippen LogP contribution in [0.15, 0.2) is 48.8 Å². The van der Waals surface area contributed by atoms with E-state index in [4.69, 9.17) is 27.9 Å². The minimum absolute atomic E-state index is 0.280. The average Bonchev–Trinajstić information content (AvgIpc) is 3.09. The number of amides is 1. The number of hydrogen-bond donors (Lipinski definition) is 2. The van der Waals surface area contributed by atoms with Crippen molar-refractivity contribution in [2.45, 2.75) is 6.61 Å². The number of carbonyl (C=O) groups excluding carboxylic acids is 1. The summed E-state index contributed by atoms with van der Waals surface area (Å²) < 4.78 is 5.70. The quantitative estimate of drug-likeness (QED) is 0.720. The van der Waals surface area contributed by atoms with E-state index in [0.717, 1.165) is 5.56 Å². The molecule has 6 nitrogen and oxygen atoms in total. The van der Waals surface area contributed by atoms with Gasteiger partial charge in [0.05, 0.1) is 10.0 Å². The Bertz CT molecular complexity index is 853. The largest absolute Gasteiger partial charge is 0.489 e. The van der Waals surface area contributed by atoms with Gasteiger partial charge in [0.25, 0.3) is 5.91 Å². The smallest absolute Gasteiger partial charge is 0.258 e. The van der Waals surface area contributed by atoms with E-state index < -0.39 is 0 Å². The number of hydrogen-bond acceptors (Lipinski definition) is 4. The van der Waals surface area contributed by atoms with Crippen LogP contribution in [-0.2, 0) is 6.61 Å². The lowest BCUT2D eigenvalue weighted by molar-refractivity contribution is 0.102. The van der Waals surface area contributed by atoms with Crippen LogP contribution in [0.1, 0.15) is 15.9 Å². The molecule has 0 radical (unpaired) electrons. The van der Waals surface area contributed by atoms with Crippen LogP contribution < -0.4 is 10.1 Å². The van der Waals surface area contributed by atoms with Crippen LogP contribution in [0.2, 0.25) is 10.0 Å². The van der Waals surface area contributed by atoms with Crippen molar-refractivity contribution in [3.8, 4) is 5.75 Å². The Morgan fingerprint density at radius 3 is 2.79 bits per heavy atom. The zero-order chi connectivity index (χ0) is 16.9. The molecule has 0 atom stereocenters. The first-order valence-corrected chi connectivity index (χ1v) is 7.71. The van der Waals surface area contributed by atoms with Crippen molar-refractivity contribution in [2.75, 3.05) is 5.32 Å². The minimum atomic E-state index is -0.313. The lowest BCUT2D eigenvalue weighted by Gasteiger charge is -2.09. The minimum Gasteiger partial charge on any atom is -0.489 e. The van der Waals surface area contributed by atoms with Crippen LogP contribution >= 0.6 is 23.2 Å². The van der Waals surface area contributed by atoms with Crippen molar-refractivity contribution in [3.05, 3.63) is 70.0 Å². The Hall–Kier alpha value is -2.57. The number of aromatic amines is 1. The molecular weight excluding hydrogens is 351 g/mol. The van der Waals surface area contributed by atoms with Gasteiger partial charge in [0, 0.05) is 5.56 Å². The molecule has 0 saturated carbocycles. The van der Waals surface area contributed by atoms with Crippen molar-refractivity contribution in [3.63, 3.8) is 0 Å². The number of nitrogens with one attached hydrogen (secondary N) is 2. The molecule has 1 heterocycles. The molecule has 0 aliphatic carbocycles. The number of carbonyl (C=O) groups is 1. The second-order valence-corrected chi connectivity index (χ2v) is 5.67. The molecule has 2 aromatic carbocycles. The van der Waals surface area contributed by atoms with Crippen LogP contribution in [0.4, 0.5) is 5.95 Å². The standard InChI is InChI=1S/C16H12Cl2N4O2/c17-13-5-4-10(6-14(13)18)8-24-12-3-1-2-11(7-12)15(23)21-16-19-9-20-22-16/h1-7,9H,8H2,(H2,19,20,21,22,23). The van der Waals surface area contributed by atoms with Gasteiger partial charge in [0.15, 0.2) is 0 Å². The fourth-order valence-electron chi connectivity index (χ4n) is 1.97. The molecular formula is C16H12Cl2N4O2. The highest BCUT2D eigenvalue weighted by atomic mass is 35.5. The fourth-order valence-corrected chi connectivity index (χ4v) is 2.29. The van der Waals surface area contributed by atoms with Crippen LogP contribution in [0.25, 0.3) is 0 Å². The maximum absolute atomic E-state index is 12.1. The lowest BCUT2D eigenvalue weighted by Crippen LogP contribution is -2.13. The van der Waals surface area contributed by atoms with Gasteiger partial charge in [-0.3, -0.25) is 10.1 Å². The second-order valence-electron chi connectivity index (χ2n) is 4.85. The summed E-state index contributed by atoms with van der Waals surface area (Å²) in [6, 6.07) is 12.1. The first-order valence-electron chi connectivity index (χ1n) is 6.95. The molecule has 0 unspecified atom stereocenters. The van der Waals surface area contributed by atoms with E-state index in [0.29, 0.717) is 28.0 Å². The number of aromatic nitrogens is 3. The zero-order valence-corrected chi connectivity index (χ0v) is 13.8. The Labute approximate surface area is 147 Å². The number of benzene rings is 2. The Kier molecular flexibility index (Phi) is 4.98. The third-order valence-electron chi connectivity index (χ3n) is 3.13. The summed E-state index contributed by atoms with van der Waals surface area (Å²) in [6.45, 7) is 0.310. The van der Waals surface area contributed by atoms with E-state index in [1.807, 2.05) is 6.07 Å². The van der Waals surface area contributed by atoms with E-state index >= 15 is 0 Å². The SMILES string of the molecule is O=C(Nc1ncn[nH]1)c1cccc(OCc2ccc(Cl)c(Cl)c2)c1. The second kappa shape index (κ2) is 7.33. The summed E-state index contributed by atoms with van der Waals surface area (Å²) >= 11 is 11.9. The third kappa shape index (κ3) is 4.04. The van der Waals surface area contributed by atoms with E-state index in [2.05, 4.69) is 20.5 Å². The van der Waals surface area contributed by atoms with Crippen LogP contribution in [0, 0.1) is 0 Å². The highest BCUT2D eigenvalue weighted by molar-refractivity contribution is 6.42. The van der Waals surface area contributed by atoms with E-state index in [9.17, 15) is 4.79 Å². The maximum atomic E-state index is 12.1. The molecule has 0 saturated heterocycles. The first-order chi connectivity index (χ1) is 11.6. The van der Waals surface area contributed by atoms with Crippen molar-refractivity contribution in [1.29, 1.82) is 0 Å². The first kappa shape index (κ1) is 16.3. The molecule has 3 rings (SSSR count).